The quantitative estimate of drug-likeness (QED) is 0.764. The molecule has 1 heterocycles. The minimum absolute atomic E-state index is 0.0613. The first-order chi connectivity index (χ1) is 13.3. The van der Waals surface area contributed by atoms with Crippen LogP contribution in [0.2, 0.25) is 0 Å². The van der Waals surface area contributed by atoms with E-state index in [1.807, 2.05) is 6.92 Å². The molecule has 1 atom stereocenters. The van der Waals surface area contributed by atoms with Gasteiger partial charge in [-0.05, 0) is 30.7 Å². The van der Waals surface area contributed by atoms with Gasteiger partial charge in [-0.25, -0.2) is 21.6 Å². The highest BCUT2D eigenvalue weighted by Gasteiger charge is 2.39. The van der Waals surface area contributed by atoms with Crippen LogP contribution in [0.25, 0.3) is 0 Å². The number of carbonyl (C=O) groups excluding carboxylic acids is 1. The van der Waals surface area contributed by atoms with Crippen molar-refractivity contribution < 1.29 is 31.1 Å². The van der Waals surface area contributed by atoms with E-state index in [1.165, 1.54) is 18.2 Å². The van der Waals surface area contributed by atoms with Gasteiger partial charge in [0, 0.05) is 6.54 Å². The minimum atomic E-state index is -4.64. The molecule has 0 spiro atoms. The number of nitrogens with zero attached hydrogens (tertiary/aromatic N) is 1. The van der Waals surface area contributed by atoms with Crippen LogP contribution >= 0.6 is 0 Å². The molecular weight excluding hydrogens is 397 g/mol. The Morgan fingerprint density at radius 3 is 2.61 bits per heavy atom. The van der Waals surface area contributed by atoms with Gasteiger partial charge in [-0.1, -0.05) is 19.1 Å². The molecule has 0 fully saturated rings. The fraction of sp³-hybridized carbons (Fsp3) is 0.278. The SMILES string of the molecule is CCCNC(=O)[C@@H]1CN(S(=O)(=O)c2ccc(F)c(F)c2F)c2ccccc2O1. The third kappa shape index (κ3) is 3.51. The van der Waals surface area contributed by atoms with Gasteiger partial charge < -0.3 is 10.1 Å². The lowest BCUT2D eigenvalue weighted by atomic mass is 10.2. The number of carbonyl (C=O) groups is 1. The summed E-state index contributed by atoms with van der Waals surface area (Å²) in [4.78, 5) is 11.3. The summed E-state index contributed by atoms with van der Waals surface area (Å²) in [5.41, 5.74) is 0.0613. The van der Waals surface area contributed by atoms with E-state index in [2.05, 4.69) is 5.32 Å². The Morgan fingerprint density at radius 2 is 1.89 bits per heavy atom. The first kappa shape index (κ1) is 20.0. The molecule has 1 aliphatic heterocycles. The second kappa shape index (κ2) is 7.70. The normalized spacial score (nSPS) is 16.3. The van der Waals surface area contributed by atoms with E-state index in [-0.39, 0.29) is 11.4 Å². The first-order valence-corrected chi connectivity index (χ1v) is 9.91. The fourth-order valence-corrected chi connectivity index (χ4v) is 4.29. The van der Waals surface area contributed by atoms with Gasteiger partial charge >= 0.3 is 0 Å². The monoisotopic (exact) mass is 414 g/mol. The number of halogens is 3. The topological polar surface area (TPSA) is 75.7 Å². The molecule has 0 aliphatic carbocycles. The van der Waals surface area contributed by atoms with Crippen LogP contribution in [0.5, 0.6) is 5.75 Å². The predicted octanol–water partition coefficient (Wildman–Crippen LogP) is 2.59. The second-order valence-corrected chi connectivity index (χ2v) is 7.91. The Labute approximate surface area is 160 Å². The van der Waals surface area contributed by atoms with Gasteiger partial charge in [0.05, 0.1) is 12.2 Å². The van der Waals surface area contributed by atoms with Crippen LogP contribution in [0.4, 0.5) is 18.9 Å². The van der Waals surface area contributed by atoms with Crippen LogP contribution in [0.1, 0.15) is 13.3 Å². The molecule has 0 aromatic heterocycles. The lowest BCUT2D eigenvalue weighted by Gasteiger charge is -2.34. The van der Waals surface area contributed by atoms with Crippen LogP contribution in [-0.2, 0) is 14.8 Å². The van der Waals surface area contributed by atoms with Gasteiger partial charge in [-0.15, -0.1) is 0 Å². The zero-order valence-electron chi connectivity index (χ0n) is 14.8. The maximum absolute atomic E-state index is 14.2. The van der Waals surface area contributed by atoms with Crippen LogP contribution in [0.15, 0.2) is 41.3 Å². The Morgan fingerprint density at radius 1 is 1.18 bits per heavy atom. The summed E-state index contributed by atoms with van der Waals surface area (Å²) >= 11 is 0. The van der Waals surface area contributed by atoms with Crippen LogP contribution in [-0.4, -0.2) is 33.5 Å². The van der Waals surface area contributed by atoms with E-state index in [9.17, 15) is 26.4 Å². The smallest absolute Gasteiger partial charge is 0.267 e. The number of benzene rings is 2. The third-order valence-electron chi connectivity index (χ3n) is 4.14. The number of amides is 1. The van der Waals surface area contributed by atoms with Crippen molar-refractivity contribution in [2.45, 2.75) is 24.3 Å². The van der Waals surface area contributed by atoms with Crippen molar-refractivity contribution in [1.82, 2.24) is 5.32 Å². The van der Waals surface area contributed by atoms with E-state index in [0.29, 0.717) is 25.1 Å². The molecule has 0 saturated carbocycles. The summed E-state index contributed by atoms with van der Waals surface area (Å²) < 4.78 is 73.4. The summed E-state index contributed by atoms with van der Waals surface area (Å²) in [7, 11) is -4.64. The fourth-order valence-electron chi connectivity index (χ4n) is 2.75. The van der Waals surface area contributed by atoms with Gasteiger partial charge in [0.2, 0.25) is 0 Å². The lowest BCUT2D eigenvalue weighted by molar-refractivity contribution is -0.127. The Balaban J connectivity index is 2.06. The largest absolute Gasteiger partial charge is 0.476 e. The second-order valence-electron chi connectivity index (χ2n) is 6.07. The van der Waals surface area contributed by atoms with Crippen LogP contribution in [0.3, 0.4) is 0 Å². The first-order valence-electron chi connectivity index (χ1n) is 8.47. The average molecular weight is 414 g/mol. The van der Waals surface area contributed by atoms with Crippen molar-refractivity contribution in [3.05, 3.63) is 53.8 Å². The molecule has 28 heavy (non-hydrogen) atoms. The van der Waals surface area contributed by atoms with Crippen molar-refractivity contribution in [3.8, 4) is 5.75 Å². The van der Waals surface area contributed by atoms with E-state index in [0.717, 1.165) is 4.31 Å². The average Bonchev–Trinajstić information content (AvgIpc) is 2.69. The zero-order chi connectivity index (χ0) is 20.5. The summed E-state index contributed by atoms with van der Waals surface area (Å²) in [5, 5.41) is 2.60. The lowest BCUT2D eigenvalue weighted by Crippen LogP contribution is -2.50. The number of hydrogen-bond donors (Lipinski definition) is 1. The summed E-state index contributed by atoms with van der Waals surface area (Å²) in [6, 6.07) is 7.15. The molecule has 1 aliphatic rings. The highest BCUT2D eigenvalue weighted by atomic mass is 32.2. The number of sulfonamides is 1. The minimum Gasteiger partial charge on any atom is -0.476 e. The van der Waals surface area contributed by atoms with E-state index in [4.69, 9.17) is 4.74 Å². The van der Waals surface area contributed by atoms with E-state index >= 15 is 0 Å². The number of anilines is 1. The standard InChI is InChI=1S/C18H17F3N2O4S/c1-2-9-22-18(24)14-10-23(12-5-3-4-6-13(12)27-14)28(25,26)15-8-7-11(19)16(20)17(15)21/h3-8,14H,2,9-10H2,1H3,(H,22,24)/t14-/m0/s1. The van der Waals surface area contributed by atoms with Gasteiger partial charge in [-0.3, -0.25) is 9.10 Å². The molecule has 150 valence electrons. The molecular formula is C18H17F3N2O4S. The molecule has 1 N–H and O–H groups in total. The maximum Gasteiger partial charge on any atom is 0.267 e. The highest BCUT2D eigenvalue weighted by molar-refractivity contribution is 7.92. The van der Waals surface area contributed by atoms with Crippen LogP contribution in [0, 0.1) is 17.5 Å². The molecule has 6 nitrogen and oxygen atoms in total. The molecule has 3 rings (SSSR count). The van der Waals surface area contributed by atoms with Crippen molar-refractivity contribution in [1.29, 1.82) is 0 Å². The molecule has 1 amide bonds. The molecule has 2 aromatic rings. The molecule has 0 unspecified atom stereocenters. The van der Waals surface area contributed by atoms with E-state index in [1.54, 1.807) is 6.07 Å². The molecule has 0 radical (unpaired) electrons. The summed E-state index contributed by atoms with van der Waals surface area (Å²) in [6.45, 7) is 1.76. The number of nitrogens with one attached hydrogen (secondary N) is 1. The molecule has 10 heteroatoms. The number of fused-ring (bicyclic) bond motifs is 1. The van der Waals surface area contributed by atoms with Crippen molar-refractivity contribution in [3.63, 3.8) is 0 Å². The van der Waals surface area contributed by atoms with Gasteiger partial charge in [-0.2, -0.15) is 0 Å². The highest BCUT2D eigenvalue weighted by Crippen LogP contribution is 2.37. The Bertz CT molecular complexity index is 1010. The molecule has 0 saturated heterocycles. The number of para-hydroxylation sites is 2. The predicted molar refractivity (Wildman–Crippen MR) is 95.0 cm³/mol. The number of ether oxygens (including phenoxy) is 1. The summed E-state index contributed by atoms with van der Waals surface area (Å²) in [5.74, 6) is -5.66. The van der Waals surface area contributed by atoms with Gasteiger partial charge in [0.1, 0.15) is 10.6 Å². The Hall–Kier alpha value is -2.75. The number of rotatable bonds is 5. The van der Waals surface area contributed by atoms with Crippen LogP contribution < -0.4 is 14.4 Å². The molecule has 0 bridgehead atoms. The third-order valence-corrected chi connectivity index (χ3v) is 5.94. The van der Waals surface area contributed by atoms with Gasteiger partial charge in [0.15, 0.2) is 23.6 Å². The number of hydrogen-bond acceptors (Lipinski definition) is 4. The Kier molecular flexibility index (Phi) is 5.50. The van der Waals surface area contributed by atoms with Crippen molar-refractivity contribution in [2.75, 3.05) is 17.4 Å². The molecule has 2 aromatic carbocycles. The summed E-state index contributed by atoms with van der Waals surface area (Å²) in [6.07, 6.45) is -0.526. The van der Waals surface area contributed by atoms with Crippen molar-refractivity contribution in [2.24, 2.45) is 0 Å². The van der Waals surface area contributed by atoms with Crippen molar-refractivity contribution >= 4 is 21.6 Å². The zero-order valence-corrected chi connectivity index (χ0v) is 15.6. The van der Waals surface area contributed by atoms with E-state index < -0.39 is 50.9 Å². The van der Waals surface area contributed by atoms with Gasteiger partial charge in [0.25, 0.3) is 15.9 Å². The maximum atomic E-state index is 14.2.